The summed E-state index contributed by atoms with van der Waals surface area (Å²) in [6.07, 6.45) is 0.995. The molecule has 1 aromatic rings. The molecule has 0 heterocycles. The van der Waals surface area contributed by atoms with Crippen molar-refractivity contribution in [3.05, 3.63) is 40.2 Å². The van der Waals surface area contributed by atoms with Crippen molar-refractivity contribution in [2.75, 3.05) is 14.2 Å². The molecule has 0 saturated heterocycles. The molecule has 0 aliphatic carbocycles. The maximum absolute atomic E-state index is 13.5. The largest absolute Gasteiger partial charge is 0.465 e. The molecule has 96 valence electrons. The molecule has 0 saturated carbocycles. The number of esters is 2. The molecule has 0 N–H and O–H groups in total. The zero-order valence-electron chi connectivity index (χ0n) is 9.70. The van der Waals surface area contributed by atoms with E-state index >= 15 is 0 Å². The van der Waals surface area contributed by atoms with E-state index in [9.17, 15) is 14.0 Å². The Kier molecular flexibility index (Phi) is 4.85. The highest BCUT2D eigenvalue weighted by molar-refractivity contribution is 6.32. The van der Waals surface area contributed by atoms with Crippen LogP contribution in [0.3, 0.4) is 0 Å². The van der Waals surface area contributed by atoms with E-state index in [1.807, 2.05) is 0 Å². The van der Waals surface area contributed by atoms with Gasteiger partial charge in [-0.1, -0.05) is 17.7 Å². The van der Waals surface area contributed by atoms with E-state index in [2.05, 4.69) is 9.47 Å². The Bertz CT molecular complexity index is 473. The second-order valence-electron chi connectivity index (χ2n) is 3.18. The predicted octanol–water partition coefficient (Wildman–Crippen LogP) is 2.21. The van der Waals surface area contributed by atoms with Crippen molar-refractivity contribution in [3.63, 3.8) is 0 Å². The van der Waals surface area contributed by atoms with Crippen LogP contribution >= 0.6 is 11.6 Å². The topological polar surface area (TPSA) is 52.6 Å². The Balaban J connectivity index is 3.32. The maximum Gasteiger partial charge on any atom is 0.345 e. The summed E-state index contributed by atoms with van der Waals surface area (Å²) in [5.74, 6) is -2.52. The molecule has 0 unspecified atom stereocenters. The van der Waals surface area contributed by atoms with Gasteiger partial charge in [0.15, 0.2) is 0 Å². The Morgan fingerprint density at radius 2 is 1.78 bits per heavy atom. The molecule has 1 aromatic carbocycles. The molecule has 0 radical (unpaired) electrons. The number of benzene rings is 1. The molecule has 0 atom stereocenters. The standard InChI is InChI=1S/C12H10ClFO4/c1-17-11(15)8(12(16)18-2)6-7-9(13)4-3-5-10(7)14/h3-6H,1-2H3. The summed E-state index contributed by atoms with van der Waals surface area (Å²) in [7, 11) is 2.20. The number of hydrogen-bond acceptors (Lipinski definition) is 4. The first kappa shape index (κ1) is 14.2. The summed E-state index contributed by atoms with van der Waals surface area (Å²) in [5, 5.41) is 0.0697. The molecule has 0 aromatic heterocycles. The van der Waals surface area contributed by atoms with Crippen LogP contribution in [0.5, 0.6) is 0 Å². The summed E-state index contributed by atoms with van der Waals surface area (Å²) in [4.78, 5) is 22.8. The number of halogens is 2. The minimum atomic E-state index is -0.929. The van der Waals surface area contributed by atoms with E-state index in [-0.39, 0.29) is 10.6 Å². The lowest BCUT2D eigenvalue weighted by Gasteiger charge is -2.05. The van der Waals surface area contributed by atoms with Gasteiger partial charge in [0, 0.05) is 5.56 Å². The predicted molar refractivity (Wildman–Crippen MR) is 63.4 cm³/mol. The molecule has 4 nitrogen and oxygen atoms in total. The average molecular weight is 273 g/mol. The zero-order valence-corrected chi connectivity index (χ0v) is 10.5. The van der Waals surface area contributed by atoms with Gasteiger partial charge in [0.05, 0.1) is 19.2 Å². The van der Waals surface area contributed by atoms with Gasteiger partial charge in [-0.3, -0.25) is 0 Å². The van der Waals surface area contributed by atoms with Crippen molar-refractivity contribution in [2.24, 2.45) is 0 Å². The lowest BCUT2D eigenvalue weighted by molar-refractivity contribution is -0.143. The van der Waals surface area contributed by atoms with Crippen LogP contribution in [0.25, 0.3) is 6.08 Å². The number of hydrogen-bond donors (Lipinski definition) is 0. The summed E-state index contributed by atoms with van der Waals surface area (Å²) in [6, 6.07) is 4.00. The number of carbonyl (C=O) groups excluding carboxylic acids is 2. The molecule has 0 bridgehead atoms. The van der Waals surface area contributed by atoms with E-state index in [0.717, 1.165) is 26.4 Å². The van der Waals surface area contributed by atoms with Crippen LogP contribution in [0.4, 0.5) is 4.39 Å². The van der Waals surface area contributed by atoms with Gasteiger partial charge in [0.25, 0.3) is 0 Å². The minimum Gasteiger partial charge on any atom is -0.465 e. The molecular formula is C12H10ClFO4. The average Bonchev–Trinajstić information content (AvgIpc) is 2.37. The highest BCUT2D eigenvalue weighted by Crippen LogP contribution is 2.22. The van der Waals surface area contributed by atoms with Crippen molar-refractivity contribution >= 4 is 29.6 Å². The first-order valence-electron chi connectivity index (χ1n) is 4.83. The summed E-state index contributed by atoms with van der Waals surface area (Å²) in [5.41, 5.74) is -0.517. The van der Waals surface area contributed by atoms with Crippen molar-refractivity contribution < 1.29 is 23.5 Å². The van der Waals surface area contributed by atoms with Crippen molar-refractivity contribution in [1.82, 2.24) is 0 Å². The fraction of sp³-hybridized carbons (Fsp3) is 0.167. The number of ether oxygens (including phenoxy) is 2. The molecule has 1 rings (SSSR count). The summed E-state index contributed by atoms with van der Waals surface area (Å²) < 4.78 is 22.3. The van der Waals surface area contributed by atoms with Crippen LogP contribution in [0.1, 0.15) is 5.56 Å². The van der Waals surface area contributed by atoms with Gasteiger partial charge < -0.3 is 9.47 Å². The smallest absolute Gasteiger partial charge is 0.345 e. The fourth-order valence-corrected chi connectivity index (χ4v) is 1.43. The van der Waals surface area contributed by atoms with Gasteiger partial charge in [-0.05, 0) is 18.2 Å². The summed E-state index contributed by atoms with van der Waals surface area (Å²) >= 11 is 5.78. The van der Waals surface area contributed by atoms with Crippen molar-refractivity contribution in [1.29, 1.82) is 0 Å². The quantitative estimate of drug-likeness (QED) is 0.366. The molecule has 0 fully saturated rings. The Morgan fingerprint density at radius 3 is 2.22 bits per heavy atom. The highest BCUT2D eigenvalue weighted by Gasteiger charge is 2.21. The molecule has 0 spiro atoms. The van der Waals surface area contributed by atoms with Crippen molar-refractivity contribution in [3.8, 4) is 0 Å². The second-order valence-corrected chi connectivity index (χ2v) is 3.58. The number of carbonyl (C=O) groups is 2. The first-order chi connectivity index (χ1) is 8.51. The maximum atomic E-state index is 13.5. The molecule has 0 amide bonds. The Labute approximate surface area is 108 Å². The van der Waals surface area contributed by atoms with E-state index in [4.69, 9.17) is 11.6 Å². The molecular weight excluding hydrogens is 263 g/mol. The van der Waals surface area contributed by atoms with Crippen molar-refractivity contribution in [2.45, 2.75) is 0 Å². The third-order valence-electron chi connectivity index (χ3n) is 2.10. The SMILES string of the molecule is COC(=O)C(=Cc1c(F)cccc1Cl)C(=O)OC. The molecule has 18 heavy (non-hydrogen) atoms. The van der Waals surface area contributed by atoms with Gasteiger partial charge in [-0.15, -0.1) is 0 Å². The number of rotatable bonds is 3. The van der Waals surface area contributed by atoms with Crippen LogP contribution in [0, 0.1) is 5.82 Å². The normalized spacial score (nSPS) is 9.56. The Hall–Kier alpha value is -1.88. The van der Waals surface area contributed by atoms with Crippen LogP contribution in [0.15, 0.2) is 23.8 Å². The van der Waals surface area contributed by atoms with E-state index in [0.29, 0.717) is 0 Å². The van der Waals surface area contributed by atoms with E-state index < -0.39 is 23.3 Å². The van der Waals surface area contributed by atoms with Gasteiger partial charge in [0.2, 0.25) is 0 Å². The first-order valence-corrected chi connectivity index (χ1v) is 5.21. The fourth-order valence-electron chi connectivity index (χ4n) is 1.21. The third kappa shape index (κ3) is 3.07. The molecule has 0 aliphatic rings. The van der Waals surface area contributed by atoms with Crippen LogP contribution in [-0.2, 0) is 19.1 Å². The highest BCUT2D eigenvalue weighted by atomic mass is 35.5. The summed E-state index contributed by atoms with van der Waals surface area (Å²) in [6.45, 7) is 0. The van der Waals surface area contributed by atoms with Gasteiger partial charge >= 0.3 is 11.9 Å². The third-order valence-corrected chi connectivity index (χ3v) is 2.43. The van der Waals surface area contributed by atoms with E-state index in [1.54, 1.807) is 0 Å². The Morgan fingerprint density at radius 1 is 1.22 bits per heavy atom. The minimum absolute atomic E-state index is 0.0697. The number of methoxy groups -OCH3 is 2. The van der Waals surface area contributed by atoms with Gasteiger partial charge in [-0.2, -0.15) is 0 Å². The second kappa shape index (κ2) is 6.16. The molecule has 0 aliphatic heterocycles. The lowest BCUT2D eigenvalue weighted by Crippen LogP contribution is -2.15. The van der Waals surface area contributed by atoms with Gasteiger partial charge in [-0.25, -0.2) is 14.0 Å². The van der Waals surface area contributed by atoms with Crippen LogP contribution in [-0.4, -0.2) is 26.2 Å². The monoisotopic (exact) mass is 272 g/mol. The van der Waals surface area contributed by atoms with Crippen LogP contribution in [0.2, 0.25) is 5.02 Å². The van der Waals surface area contributed by atoms with Crippen LogP contribution < -0.4 is 0 Å². The zero-order chi connectivity index (χ0) is 13.7. The van der Waals surface area contributed by atoms with Gasteiger partial charge in [0.1, 0.15) is 11.4 Å². The molecule has 6 heteroatoms. The van der Waals surface area contributed by atoms with E-state index in [1.165, 1.54) is 12.1 Å². The lowest BCUT2D eigenvalue weighted by atomic mass is 10.1.